The van der Waals surface area contributed by atoms with Crippen LogP contribution in [0.2, 0.25) is 0 Å². The second-order valence-corrected chi connectivity index (χ2v) is 6.21. The van der Waals surface area contributed by atoms with Gasteiger partial charge >= 0.3 is 11.9 Å². The van der Waals surface area contributed by atoms with Gasteiger partial charge in [-0.25, -0.2) is 9.59 Å². The van der Waals surface area contributed by atoms with Crippen molar-refractivity contribution >= 4 is 34.3 Å². The second-order valence-electron chi connectivity index (χ2n) is 6.21. The molecule has 3 rings (SSSR count). The number of amides is 1. The molecule has 0 radical (unpaired) electrons. The van der Waals surface area contributed by atoms with Gasteiger partial charge in [0.2, 0.25) is 0 Å². The van der Waals surface area contributed by atoms with Crippen molar-refractivity contribution in [3.63, 3.8) is 0 Å². The third-order valence-electron chi connectivity index (χ3n) is 4.49. The van der Waals surface area contributed by atoms with Gasteiger partial charge in [-0.3, -0.25) is 9.69 Å². The van der Waals surface area contributed by atoms with Crippen molar-refractivity contribution < 1.29 is 28.6 Å². The van der Waals surface area contributed by atoms with Crippen LogP contribution >= 0.6 is 0 Å². The van der Waals surface area contributed by atoms with E-state index in [1.165, 1.54) is 4.90 Å². The summed E-state index contributed by atoms with van der Waals surface area (Å²) in [4.78, 5) is 40.1. The maximum absolute atomic E-state index is 13.3. The molecular formula is C22H23NO6. The second kappa shape index (κ2) is 8.87. The molecule has 1 aliphatic rings. The van der Waals surface area contributed by atoms with Crippen LogP contribution in [0.25, 0.3) is 10.8 Å². The normalized spacial score (nSPS) is 16.4. The third kappa shape index (κ3) is 3.73. The first-order valence-electron chi connectivity index (χ1n) is 9.56. The van der Waals surface area contributed by atoms with E-state index in [4.69, 9.17) is 14.2 Å². The SMILES string of the molecule is CCOC(=O)C1=C(C(=O)OCC)N(c2cccc3ccccc23)C(=O)C1OCC. The van der Waals surface area contributed by atoms with Gasteiger partial charge in [-0.15, -0.1) is 0 Å². The highest BCUT2D eigenvalue weighted by Crippen LogP contribution is 2.37. The van der Waals surface area contributed by atoms with E-state index in [-0.39, 0.29) is 31.1 Å². The third-order valence-corrected chi connectivity index (χ3v) is 4.49. The van der Waals surface area contributed by atoms with E-state index in [0.29, 0.717) is 5.69 Å². The first-order chi connectivity index (χ1) is 14.0. The zero-order valence-corrected chi connectivity index (χ0v) is 16.6. The minimum Gasteiger partial charge on any atom is -0.462 e. The van der Waals surface area contributed by atoms with E-state index in [9.17, 15) is 14.4 Å². The van der Waals surface area contributed by atoms with Crippen LogP contribution in [-0.4, -0.2) is 43.8 Å². The van der Waals surface area contributed by atoms with Gasteiger partial charge < -0.3 is 14.2 Å². The topological polar surface area (TPSA) is 82.1 Å². The predicted molar refractivity (Wildman–Crippen MR) is 107 cm³/mol. The molecule has 1 unspecified atom stereocenters. The molecule has 7 nitrogen and oxygen atoms in total. The lowest BCUT2D eigenvalue weighted by Gasteiger charge is -2.21. The fourth-order valence-corrected chi connectivity index (χ4v) is 3.37. The molecule has 29 heavy (non-hydrogen) atoms. The van der Waals surface area contributed by atoms with Gasteiger partial charge in [0.15, 0.2) is 6.10 Å². The number of anilines is 1. The average molecular weight is 397 g/mol. The van der Waals surface area contributed by atoms with E-state index >= 15 is 0 Å². The quantitative estimate of drug-likeness (QED) is 0.668. The number of hydrogen-bond donors (Lipinski definition) is 0. The number of carbonyl (C=O) groups excluding carboxylic acids is 3. The van der Waals surface area contributed by atoms with Crippen LogP contribution in [0.5, 0.6) is 0 Å². The number of esters is 2. The summed E-state index contributed by atoms with van der Waals surface area (Å²) in [6.07, 6.45) is -1.24. The van der Waals surface area contributed by atoms with Crippen molar-refractivity contribution in [1.29, 1.82) is 0 Å². The van der Waals surface area contributed by atoms with Gasteiger partial charge in [-0.1, -0.05) is 36.4 Å². The number of hydrogen-bond acceptors (Lipinski definition) is 6. The molecule has 0 saturated heterocycles. The lowest BCUT2D eigenvalue weighted by atomic mass is 10.1. The van der Waals surface area contributed by atoms with E-state index in [2.05, 4.69) is 0 Å². The van der Waals surface area contributed by atoms with Crippen LogP contribution in [0, 0.1) is 0 Å². The zero-order valence-electron chi connectivity index (χ0n) is 16.6. The lowest BCUT2D eigenvalue weighted by molar-refractivity contribution is -0.143. The summed E-state index contributed by atoms with van der Waals surface area (Å²) in [5.41, 5.74) is 0.176. The number of rotatable bonds is 7. The van der Waals surface area contributed by atoms with Crippen LogP contribution in [0.4, 0.5) is 5.69 Å². The van der Waals surface area contributed by atoms with Gasteiger partial charge in [0, 0.05) is 12.0 Å². The maximum Gasteiger partial charge on any atom is 0.356 e. The molecule has 2 aromatic carbocycles. The summed E-state index contributed by atoms with van der Waals surface area (Å²) in [6.45, 7) is 5.38. The van der Waals surface area contributed by atoms with Crippen LogP contribution in [0.15, 0.2) is 53.7 Å². The molecule has 0 N–H and O–H groups in total. The van der Waals surface area contributed by atoms with Crippen LogP contribution in [0.1, 0.15) is 20.8 Å². The first-order valence-corrected chi connectivity index (χ1v) is 9.56. The Bertz CT molecular complexity index is 975. The highest BCUT2D eigenvalue weighted by molar-refractivity contribution is 6.22. The first kappa shape index (κ1) is 20.5. The predicted octanol–water partition coefficient (Wildman–Crippen LogP) is 2.97. The highest BCUT2D eigenvalue weighted by Gasteiger charge is 2.48. The Labute approximate surface area is 168 Å². The number of fused-ring (bicyclic) bond motifs is 1. The van der Waals surface area contributed by atoms with E-state index in [1.54, 1.807) is 32.9 Å². The maximum atomic E-state index is 13.3. The fraction of sp³-hybridized carbons (Fsp3) is 0.318. The van der Waals surface area contributed by atoms with Crippen LogP contribution < -0.4 is 4.90 Å². The number of nitrogens with zero attached hydrogens (tertiary/aromatic N) is 1. The zero-order chi connectivity index (χ0) is 21.0. The minimum atomic E-state index is -1.24. The number of ether oxygens (including phenoxy) is 3. The van der Waals surface area contributed by atoms with Crippen molar-refractivity contribution in [2.45, 2.75) is 26.9 Å². The highest BCUT2D eigenvalue weighted by atomic mass is 16.5. The molecule has 1 amide bonds. The standard InChI is InChI=1S/C22H23NO6/c1-4-27-19-17(21(25)28-5-2)18(22(26)29-6-3)23(20(19)24)16-13-9-11-14-10-7-8-12-15(14)16/h7-13,19H,4-6H2,1-3H3. The average Bonchev–Trinajstić information content (AvgIpc) is 3.01. The number of benzene rings is 2. The molecule has 1 aliphatic heterocycles. The molecule has 1 atom stereocenters. The molecular weight excluding hydrogens is 374 g/mol. The van der Waals surface area contributed by atoms with Crippen LogP contribution in [0.3, 0.4) is 0 Å². The lowest BCUT2D eigenvalue weighted by Crippen LogP contribution is -2.35. The Morgan fingerprint density at radius 1 is 0.897 bits per heavy atom. The van der Waals surface area contributed by atoms with Crippen molar-refractivity contribution in [3.05, 3.63) is 53.7 Å². The summed E-state index contributed by atoms with van der Waals surface area (Å²) < 4.78 is 15.8. The van der Waals surface area contributed by atoms with Gasteiger partial charge in [-0.2, -0.15) is 0 Å². The molecule has 0 bridgehead atoms. The van der Waals surface area contributed by atoms with Crippen molar-refractivity contribution in [2.75, 3.05) is 24.7 Å². The molecule has 152 valence electrons. The van der Waals surface area contributed by atoms with Crippen molar-refractivity contribution in [2.24, 2.45) is 0 Å². The minimum absolute atomic E-state index is 0.0926. The molecule has 0 spiro atoms. The summed E-state index contributed by atoms with van der Waals surface area (Å²) in [5, 5.41) is 1.64. The van der Waals surface area contributed by atoms with Gasteiger partial charge in [-0.05, 0) is 32.2 Å². The Morgan fingerprint density at radius 2 is 1.55 bits per heavy atom. The Kier molecular flexibility index (Phi) is 6.29. The van der Waals surface area contributed by atoms with E-state index < -0.39 is 23.9 Å². The monoisotopic (exact) mass is 397 g/mol. The Hall–Kier alpha value is -3.19. The summed E-state index contributed by atoms with van der Waals surface area (Å²) in [6, 6.07) is 12.9. The smallest absolute Gasteiger partial charge is 0.356 e. The molecule has 0 aliphatic carbocycles. The largest absolute Gasteiger partial charge is 0.462 e. The Morgan fingerprint density at radius 3 is 2.24 bits per heavy atom. The molecule has 0 fully saturated rings. The molecule has 0 saturated carbocycles. The van der Waals surface area contributed by atoms with Gasteiger partial charge in [0.05, 0.1) is 18.9 Å². The molecule has 1 heterocycles. The summed E-state index contributed by atoms with van der Waals surface area (Å²) >= 11 is 0. The molecule has 0 aromatic heterocycles. The summed E-state index contributed by atoms with van der Waals surface area (Å²) in [5.74, 6) is -2.08. The molecule has 7 heteroatoms. The molecule has 2 aromatic rings. The van der Waals surface area contributed by atoms with E-state index in [1.807, 2.05) is 30.3 Å². The van der Waals surface area contributed by atoms with Gasteiger partial charge in [0.25, 0.3) is 5.91 Å². The fourth-order valence-electron chi connectivity index (χ4n) is 3.37. The number of carbonyl (C=O) groups is 3. The van der Waals surface area contributed by atoms with E-state index in [0.717, 1.165) is 10.8 Å². The van der Waals surface area contributed by atoms with Crippen molar-refractivity contribution in [3.8, 4) is 0 Å². The van der Waals surface area contributed by atoms with Crippen LogP contribution in [-0.2, 0) is 28.6 Å². The van der Waals surface area contributed by atoms with Crippen molar-refractivity contribution in [1.82, 2.24) is 0 Å². The van der Waals surface area contributed by atoms with Gasteiger partial charge in [0.1, 0.15) is 11.3 Å². The summed E-state index contributed by atoms with van der Waals surface area (Å²) in [7, 11) is 0. The Balaban J connectivity index is 2.26.